The van der Waals surface area contributed by atoms with Crippen LogP contribution >= 0.6 is 0 Å². The zero-order valence-electron chi connectivity index (χ0n) is 15.1. The first-order chi connectivity index (χ1) is 13.1. The lowest BCUT2D eigenvalue weighted by molar-refractivity contribution is -0.136. The molecule has 0 spiro atoms. The highest BCUT2D eigenvalue weighted by molar-refractivity contribution is 6.06. The number of amides is 1. The molecule has 2 aromatic carbocycles. The summed E-state index contributed by atoms with van der Waals surface area (Å²) >= 11 is 0. The van der Waals surface area contributed by atoms with E-state index in [0.717, 1.165) is 11.3 Å². The third kappa shape index (κ3) is 2.83. The van der Waals surface area contributed by atoms with Crippen molar-refractivity contribution in [2.45, 2.75) is 12.3 Å². The molecule has 0 fully saturated rings. The lowest BCUT2D eigenvalue weighted by Gasteiger charge is -2.32. The van der Waals surface area contributed by atoms with Gasteiger partial charge >= 0.3 is 5.97 Å². The first-order valence-corrected chi connectivity index (χ1v) is 8.64. The van der Waals surface area contributed by atoms with Gasteiger partial charge in [-0.25, -0.2) is 4.79 Å². The van der Waals surface area contributed by atoms with Crippen molar-refractivity contribution in [2.24, 2.45) is 0 Å². The molecule has 2 heterocycles. The zero-order valence-corrected chi connectivity index (χ0v) is 15.1. The second-order valence-electron chi connectivity index (χ2n) is 6.37. The van der Waals surface area contributed by atoms with Crippen molar-refractivity contribution in [3.63, 3.8) is 0 Å². The molecule has 6 nitrogen and oxygen atoms in total. The molecule has 1 amide bonds. The van der Waals surface area contributed by atoms with Crippen molar-refractivity contribution in [1.82, 2.24) is 0 Å². The van der Waals surface area contributed by atoms with Crippen LogP contribution in [0.25, 0.3) is 0 Å². The van der Waals surface area contributed by atoms with Gasteiger partial charge in [-0.15, -0.1) is 0 Å². The minimum absolute atomic E-state index is 0.0823. The minimum atomic E-state index is -0.414. The molecule has 0 bridgehead atoms. The van der Waals surface area contributed by atoms with Crippen LogP contribution in [0.2, 0.25) is 0 Å². The average Bonchev–Trinajstić information content (AvgIpc) is 3.09. The first kappa shape index (κ1) is 17.1. The number of rotatable bonds is 4. The number of benzene rings is 2. The standard InChI is InChI=1S/C21H19NO5/c1-25-14-8-9-15(18(10-14)26-2)16-11-19(23)22(13-6-4-3-5-7-13)17-12-27-21(24)20(16)17/h3-10,16H,11-12H2,1-2H3. The second kappa shape index (κ2) is 6.79. The molecule has 1 unspecified atom stereocenters. The number of methoxy groups -OCH3 is 2. The van der Waals surface area contributed by atoms with Crippen molar-refractivity contribution in [2.75, 3.05) is 25.7 Å². The van der Waals surface area contributed by atoms with E-state index < -0.39 is 5.92 Å². The van der Waals surface area contributed by atoms with Gasteiger partial charge in [-0.3, -0.25) is 9.69 Å². The normalized spacial score (nSPS) is 19.0. The van der Waals surface area contributed by atoms with Gasteiger partial charge in [0.05, 0.1) is 25.5 Å². The molecule has 27 heavy (non-hydrogen) atoms. The summed E-state index contributed by atoms with van der Waals surface area (Å²) in [5, 5.41) is 0. The number of hydrogen-bond donors (Lipinski definition) is 0. The van der Waals surface area contributed by atoms with E-state index >= 15 is 0 Å². The van der Waals surface area contributed by atoms with Crippen molar-refractivity contribution in [3.05, 3.63) is 65.4 Å². The van der Waals surface area contributed by atoms with Crippen molar-refractivity contribution in [3.8, 4) is 11.5 Å². The number of ether oxygens (including phenoxy) is 3. The van der Waals surface area contributed by atoms with E-state index in [9.17, 15) is 9.59 Å². The van der Waals surface area contributed by atoms with Crippen LogP contribution in [0.4, 0.5) is 5.69 Å². The fourth-order valence-electron chi connectivity index (χ4n) is 3.70. The Bertz CT molecular complexity index is 935. The molecule has 138 valence electrons. The van der Waals surface area contributed by atoms with Gasteiger partial charge in [0.25, 0.3) is 0 Å². The number of anilines is 1. The van der Waals surface area contributed by atoms with E-state index in [1.54, 1.807) is 31.3 Å². The molecule has 2 aromatic rings. The summed E-state index contributed by atoms with van der Waals surface area (Å²) in [5.41, 5.74) is 2.62. The van der Waals surface area contributed by atoms with Gasteiger partial charge in [-0.2, -0.15) is 0 Å². The lowest BCUT2D eigenvalue weighted by Crippen LogP contribution is -2.37. The van der Waals surface area contributed by atoms with E-state index in [4.69, 9.17) is 14.2 Å². The Balaban J connectivity index is 1.84. The third-order valence-electron chi connectivity index (χ3n) is 4.95. The molecule has 0 saturated carbocycles. The van der Waals surface area contributed by atoms with Crippen LogP contribution in [0.15, 0.2) is 59.8 Å². The maximum absolute atomic E-state index is 13.0. The van der Waals surface area contributed by atoms with Crippen LogP contribution in [0.3, 0.4) is 0 Å². The Morgan fingerprint density at radius 2 is 1.81 bits per heavy atom. The number of esters is 1. The molecule has 0 aliphatic carbocycles. The van der Waals surface area contributed by atoms with Gasteiger partial charge < -0.3 is 14.2 Å². The number of carbonyl (C=O) groups excluding carboxylic acids is 2. The smallest absolute Gasteiger partial charge is 0.336 e. The highest BCUT2D eigenvalue weighted by Crippen LogP contribution is 2.44. The topological polar surface area (TPSA) is 65.1 Å². The monoisotopic (exact) mass is 365 g/mol. The molecule has 2 aliphatic rings. The van der Waals surface area contributed by atoms with E-state index in [2.05, 4.69) is 0 Å². The van der Waals surface area contributed by atoms with Crippen LogP contribution < -0.4 is 14.4 Å². The van der Waals surface area contributed by atoms with Crippen LogP contribution in [-0.2, 0) is 14.3 Å². The summed E-state index contributed by atoms with van der Waals surface area (Å²) < 4.78 is 16.0. The largest absolute Gasteiger partial charge is 0.497 e. The Morgan fingerprint density at radius 1 is 1.04 bits per heavy atom. The summed E-state index contributed by atoms with van der Waals surface area (Å²) in [6, 6.07) is 14.7. The fourth-order valence-corrected chi connectivity index (χ4v) is 3.70. The summed E-state index contributed by atoms with van der Waals surface area (Å²) in [4.78, 5) is 27.1. The summed E-state index contributed by atoms with van der Waals surface area (Å²) in [5.74, 6) is 0.337. The Hall–Kier alpha value is -3.28. The summed E-state index contributed by atoms with van der Waals surface area (Å²) in [7, 11) is 3.13. The maximum atomic E-state index is 13.0. The van der Waals surface area contributed by atoms with Gasteiger partial charge in [0.1, 0.15) is 18.1 Å². The lowest BCUT2D eigenvalue weighted by atomic mass is 9.83. The second-order valence-corrected chi connectivity index (χ2v) is 6.37. The molecule has 2 aliphatic heterocycles. The van der Waals surface area contributed by atoms with Crippen LogP contribution in [0.5, 0.6) is 11.5 Å². The van der Waals surface area contributed by atoms with Gasteiger partial charge in [0.2, 0.25) is 5.91 Å². The first-order valence-electron chi connectivity index (χ1n) is 8.64. The van der Waals surface area contributed by atoms with Crippen LogP contribution in [0.1, 0.15) is 17.9 Å². The molecule has 4 rings (SSSR count). The van der Waals surface area contributed by atoms with Crippen molar-refractivity contribution in [1.29, 1.82) is 0 Å². The van der Waals surface area contributed by atoms with Gasteiger partial charge in [0, 0.05) is 29.7 Å². The fraction of sp³-hybridized carbons (Fsp3) is 0.238. The summed E-state index contributed by atoms with van der Waals surface area (Å²) in [6.45, 7) is 0.0871. The molecule has 0 aromatic heterocycles. The van der Waals surface area contributed by atoms with Crippen LogP contribution in [-0.4, -0.2) is 32.7 Å². The third-order valence-corrected chi connectivity index (χ3v) is 4.95. The highest BCUT2D eigenvalue weighted by Gasteiger charge is 2.43. The zero-order chi connectivity index (χ0) is 19.0. The Labute approximate surface area is 156 Å². The molecule has 0 radical (unpaired) electrons. The number of hydrogen-bond acceptors (Lipinski definition) is 5. The molecular formula is C21H19NO5. The Kier molecular flexibility index (Phi) is 4.32. The van der Waals surface area contributed by atoms with Crippen LogP contribution in [0, 0.1) is 0 Å². The molecule has 6 heteroatoms. The van der Waals surface area contributed by atoms with Crippen molar-refractivity contribution >= 4 is 17.6 Å². The van der Waals surface area contributed by atoms with E-state index in [0.29, 0.717) is 22.8 Å². The Morgan fingerprint density at radius 3 is 2.52 bits per heavy atom. The molecule has 0 saturated heterocycles. The predicted molar refractivity (Wildman–Crippen MR) is 98.8 cm³/mol. The predicted octanol–water partition coefficient (Wildman–Crippen LogP) is 3.04. The van der Waals surface area contributed by atoms with E-state index in [1.807, 2.05) is 36.4 Å². The van der Waals surface area contributed by atoms with E-state index in [-0.39, 0.29) is 24.9 Å². The molecule has 0 N–H and O–H groups in total. The molecule has 1 atom stereocenters. The number of cyclic esters (lactones) is 1. The minimum Gasteiger partial charge on any atom is -0.497 e. The SMILES string of the molecule is COc1ccc(C2CC(=O)N(c3ccccc3)C3=C2C(=O)OC3)c(OC)c1. The highest BCUT2D eigenvalue weighted by atomic mass is 16.5. The quantitative estimate of drug-likeness (QED) is 0.779. The van der Waals surface area contributed by atoms with Gasteiger partial charge in [0.15, 0.2) is 0 Å². The maximum Gasteiger partial charge on any atom is 0.336 e. The number of carbonyl (C=O) groups is 2. The average molecular weight is 365 g/mol. The molecular weight excluding hydrogens is 346 g/mol. The van der Waals surface area contributed by atoms with Crippen molar-refractivity contribution < 1.29 is 23.8 Å². The number of nitrogens with zero attached hydrogens (tertiary/aromatic N) is 1. The van der Waals surface area contributed by atoms with Gasteiger partial charge in [-0.05, 0) is 18.2 Å². The van der Waals surface area contributed by atoms with E-state index in [1.165, 1.54) is 0 Å². The van der Waals surface area contributed by atoms with Gasteiger partial charge in [-0.1, -0.05) is 24.3 Å². The number of para-hydroxylation sites is 1. The summed E-state index contributed by atoms with van der Waals surface area (Å²) in [6.07, 6.45) is 0.158.